The smallest absolute Gasteiger partial charge is 0.239 e. The zero-order chi connectivity index (χ0) is 17.5. The number of para-hydroxylation sites is 2. The van der Waals surface area contributed by atoms with Gasteiger partial charge < -0.3 is 15.5 Å². The standard InChI is InChI=1S/C20H23N3O2/c24-19(12-6-9-16-7-2-1-3-8-16)22-17-10-4-5-11-18(17)23-14-13-21-20(25)15-23/h1-5,7-8,10-11H,6,9,12-15H2,(H,21,25)(H,22,24). The lowest BCUT2D eigenvalue weighted by Crippen LogP contribution is -2.47. The molecule has 2 N–H and O–H groups in total. The van der Waals surface area contributed by atoms with Gasteiger partial charge in [0, 0.05) is 19.5 Å². The Bertz CT molecular complexity index is 731. The first-order chi connectivity index (χ1) is 12.2. The fraction of sp³-hybridized carbons (Fsp3) is 0.300. The van der Waals surface area contributed by atoms with Gasteiger partial charge >= 0.3 is 0 Å². The molecule has 0 saturated carbocycles. The molecule has 25 heavy (non-hydrogen) atoms. The Labute approximate surface area is 148 Å². The van der Waals surface area contributed by atoms with E-state index in [9.17, 15) is 9.59 Å². The predicted octanol–water partition coefficient (Wildman–Crippen LogP) is 2.58. The lowest BCUT2D eigenvalue weighted by atomic mass is 10.1. The Morgan fingerprint density at radius 1 is 1.08 bits per heavy atom. The lowest BCUT2D eigenvalue weighted by Gasteiger charge is -2.30. The van der Waals surface area contributed by atoms with E-state index in [1.165, 1.54) is 5.56 Å². The molecule has 1 aliphatic heterocycles. The molecule has 5 heteroatoms. The van der Waals surface area contributed by atoms with Crippen LogP contribution in [0.15, 0.2) is 54.6 Å². The van der Waals surface area contributed by atoms with E-state index in [1.807, 2.05) is 47.4 Å². The van der Waals surface area contributed by atoms with Crippen LogP contribution in [-0.4, -0.2) is 31.4 Å². The monoisotopic (exact) mass is 337 g/mol. The van der Waals surface area contributed by atoms with Crippen molar-refractivity contribution in [2.75, 3.05) is 29.9 Å². The van der Waals surface area contributed by atoms with Gasteiger partial charge in [0.15, 0.2) is 0 Å². The van der Waals surface area contributed by atoms with Gasteiger partial charge in [-0.2, -0.15) is 0 Å². The summed E-state index contributed by atoms with van der Waals surface area (Å²) < 4.78 is 0. The lowest BCUT2D eigenvalue weighted by molar-refractivity contribution is -0.120. The number of nitrogens with zero attached hydrogens (tertiary/aromatic N) is 1. The maximum Gasteiger partial charge on any atom is 0.239 e. The molecule has 0 aliphatic carbocycles. The van der Waals surface area contributed by atoms with Crippen molar-refractivity contribution in [3.05, 3.63) is 60.2 Å². The number of amides is 2. The van der Waals surface area contributed by atoms with Crippen molar-refractivity contribution in [3.63, 3.8) is 0 Å². The Morgan fingerprint density at radius 3 is 2.64 bits per heavy atom. The summed E-state index contributed by atoms with van der Waals surface area (Å²) in [6.45, 7) is 1.69. The van der Waals surface area contributed by atoms with Gasteiger partial charge in [0.2, 0.25) is 11.8 Å². The second-order valence-electron chi connectivity index (χ2n) is 6.18. The van der Waals surface area contributed by atoms with Crippen LogP contribution in [-0.2, 0) is 16.0 Å². The predicted molar refractivity (Wildman–Crippen MR) is 99.7 cm³/mol. The molecule has 1 heterocycles. The third-order valence-corrected chi connectivity index (χ3v) is 4.27. The average Bonchev–Trinajstić information content (AvgIpc) is 2.63. The summed E-state index contributed by atoms with van der Waals surface area (Å²) >= 11 is 0. The molecular formula is C20H23N3O2. The maximum absolute atomic E-state index is 12.3. The molecule has 2 aromatic rings. The SMILES string of the molecule is O=C1CN(c2ccccc2NC(=O)CCCc2ccccc2)CCN1. The van der Waals surface area contributed by atoms with Crippen LogP contribution in [0, 0.1) is 0 Å². The highest BCUT2D eigenvalue weighted by molar-refractivity contribution is 5.95. The summed E-state index contributed by atoms with van der Waals surface area (Å²) in [6, 6.07) is 17.8. The molecule has 5 nitrogen and oxygen atoms in total. The van der Waals surface area contributed by atoms with Gasteiger partial charge in [0.05, 0.1) is 17.9 Å². The summed E-state index contributed by atoms with van der Waals surface area (Å²) in [5, 5.41) is 5.81. The zero-order valence-electron chi connectivity index (χ0n) is 14.2. The molecule has 0 unspecified atom stereocenters. The molecule has 130 valence electrons. The minimum Gasteiger partial charge on any atom is -0.359 e. The highest BCUT2D eigenvalue weighted by Crippen LogP contribution is 2.26. The Kier molecular flexibility index (Phi) is 5.67. The fourth-order valence-electron chi connectivity index (χ4n) is 3.01. The summed E-state index contributed by atoms with van der Waals surface area (Å²) in [4.78, 5) is 25.9. The molecule has 2 amide bonds. The Morgan fingerprint density at radius 2 is 1.84 bits per heavy atom. The minimum absolute atomic E-state index is 0.00448. The van der Waals surface area contributed by atoms with Crippen LogP contribution in [0.1, 0.15) is 18.4 Å². The largest absolute Gasteiger partial charge is 0.359 e. The van der Waals surface area contributed by atoms with Crippen LogP contribution >= 0.6 is 0 Å². The van der Waals surface area contributed by atoms with E-state index in [4.69, 9.17) is 0 Å². The number of piperazine rings is 1. The first-order valence-corrected chi connectivity index (χ1v) is 8.67. The van der Waals surface area contributed by atoms with Gasteiger partial charge in [-0.05, 0) is 30.5 Å². The minimum atomic E-state index is 0.00448. The first-order valence-electron chi connectivity index (χ1n) is 8.67. The molecule has 0 aromatic heterocycles. The molecule has 0 atom stereocenters. The van der Waals surface area contributed by atoms with Gasteiger partial charge in [0.25, 0.3) is 0 Å². The third-order valence-electron chi connectivity index (χ3n) is 4.27. The zero-order valence-corrected chi connectivity index (χ0v) is 14.2. The molecular weight excluding hydrogens is 314 g/mol. The first kappa shape index (κ1) is 17.0. The van der Waals surface area contributed by atoms with Crippen molar-refractivity contribution in [3.8, 4) is 0 Å². The topological polar surface area (TPSA) is 61.4 Å². The van der Waals surface area contributed by atoms with Crippen LogP contribution in [0.2, 0.25) is 0 Å². The number of anilines is 2. The van der Waals surface area contributed by atoms with E-state index < -0.39 is 0 Å². The number of rotatable bonds is 6. The molecule has 1 fully saturated rings. The van der Waals surface area contributed by atoms with Crippen molar-refractivity contribution in [1.29, 1.82) is 0 Å². The number of hydrogen-bond acceptors (Lipinski definition) is 3. The molecule has 0 radical (unpaired) electrons. The van der Waals surface area contributed by atoms with Gasteiger partial charge in [-0.1, -0.05) is 42.5 Å². The maximum atomic E-state index is 12.3. The van der Waals surface area contributed by atoms with Gasteiger partial charge in [-0.15, -0.1) is 0 Å². The quantitative estimate of drug-likeness (QED) is 0.852. The van der Waals surface area contributed by atoms with Gasteiger partial charge in [-0.25, -0.2) is 0 Å². The highest BCUT2D eigenvalue weighted by atomic mass is 16.2. The van der Waals surface area contributed by atoms with Crippen LogP contribution < -0.4 is 15.5 Å². The normalized spacial score (nSPS) is 14.1. The van der Waals surface area contributed by atoms with Crippen LogP contribution in [0.25, 0.3) is 0 Å². The molecule has 1 aliphatic rings. The van der Waals surface area contributed by atoms with Crippen molar-refractivity contribution in [1.82, 2.24) is 5.32 Å². The van der Waals surface area contributed by atoms with Gasteiger partial charge in [0.1, 0.15) is 0 Å². The summed E-state index contributed by atoms with van der Waals surface area (Å²) in [5.74, 6) is 0.0140. The van der Waals surface area contributed by atoms with Crippen molar-refractivity contribution >= 4 is 23.2 Å². The third kappa shape index (κ3) is 4.83. The molecule has 3 rings (SSSR count). The molecule has 0 bridgehead atoms. The molecule has 1 saturated heterocycles. The number of benzene rings is 2. The average molecular weight is 337 g/mol. The number of nitrogens with one attached hydrogen (secondary N) is 2. The van der Waals surface area contributed by atoms with E-state index in [0.717, 1.165) is 30.8 Å². The molecule has 0 spiro atoms. The Balaban J connectivity index is 1.57. The van der Waals surface area contributed by atoms with Gasteiger partial charge in [-0.3, -0.25) is 9.59 Å². The van der Waals surface area contributed by atoms with Crippen LogP contribution in [0.3, 0.4) is 0 Å². The number of carbonyl (C=O) groups is 2. The van der Waals surface area contributed by atoms with Crippen molar-refractivity contribution in [2.45, 2.75) is 19.3 Å². The summed E-state index contributed by atoms with van der Waals surface area (Å²) in [6.07, 6.45) is 2.18. The second-order valence-corrected chi connectivity index (χ2v) is 6.18. The Hall–Kier alpha value is -2.82. The van der Waals surface area contributed by atoms with Crippen molar-refractivity contribution in [2.24, 2.45) is 0 Å². The van der Waals surface area contributed by atoms with Crippen LogP contribution in [0.4, 0.5) is 11.4 Å². The summed E-state index contributed by atoms with van der Waals surface area (Å²) in [5.41, 5.74) is 2.91. The van der Waals surface area contributed by atoms with Crippen LogP contribution in [0.5, 0.6) is 0 Å². The van der Waals surface area contributed by atoms with E-state index >= 15 is 0 Å². The summed E-state index contributed by atoms with van der Waals surface area (Å²) in [7, 11) is 0. The van der Waals surface area contributed by atoms with E-state index in [2.05, 4.69) is 22.8 Å². The van der Waals surface area contributed by atoms with Crippen molar-refractivity contribution < 1.29 is 9.59 Å². The number of hydrogen-bond donors (Lipinski definition) is 2. The number of carbonyl (C=O) groups excluding carboxylic acids is 2. The fourth-order valence-corrected chi connectivity index (χ4v) is 3.01. The van der Waals surface area contributed by atoms with E-state index in [-0.39, 0.29) is 11.8 Å². The van der Waals surface area contributed by atoms with E-state index in [0.29, 0.717) is 19.5 Å². The highest BCUT2D eigenvalue weighted by Gasteiger charge is 2.19. The number of aryl methyl sites for hydroxylation is 1. The second kappa shape index (κ2) is 8.33. The van der Waals surface area contributed by atoms with E-state index in [1.54, 1.807) is 0 Å². The molecule has 2 aromatic carbocycles.